The molecule has 0 unspecified atom stereocenters. The van der Waals surface area contributed by atoms with Gasteiger partial charge in [-0.05, 0) is 25.0 Å². The number of carbonyl (C=O) groups is 2. The third-order valence-electron chi connectivity index (χ3n) is 2.91. The minimum absolute atomic E-state index is 0.190. The molecule has 0 aromatic heterocycles. The van der Waals surface area contributed by atoms with Gasteiger partial charge in [-0.1, -0.05) is 63.8 Å². The van der Waals surface area contributed by atoms with E-state index in [9.17, 15) is 9.59 Å². The fraction of sp³-hybridized carbons (Fsp3) is 0.400. The van der Waals surface area contributed by atoms with Crippen LogP contribution in [0.2, 0.25) is 0 Å². The largest absolute Gasteiger partial charge is 0.478 e. The first-order valence-corrected chi connectivity index (χ1v) is 8.23. The summed E-state index contributed by atoms with van der Waals surface area (Å²) >= 11 is 0. The highest BCUT2D eigenvalue weighted by molar-refractivity contribution is 6.01. The van der Waals surface area contributed by atoms with Gasteiger partial charge in [0.2, 0.25) is 0 Å². The highest BCUT2D eigenvalue weighted by Gasteiger charge is 2.13. The molecule has 4 heteroatoms. The molecule has 0 radical (unpaired) electrons. The fourth-order valence-corrected chi connectivity index (χ4v) is 1.55. The van der Waals surface area contributed by atoms with Crippen molar-refractivity contribution < 1.29 is 19.8 Å². The average Bonchev–Trinajstić information content (AvgIpc) is 2.59. The van der Waals surface area contributed by atoms with Gasteiger partial charge in [-0.3, -0.25) is 0 Å². The van der Waals surface area contributed by atoms with Gasteiger partial charge < -0.3 is 10.2 Å². The van der Waals surface area contributed by atoms with Crippen LogP contribution < -0.4 is 0 Å². The second-order valence-corrected chi connectivity index (χ2v) is 5.02. The normalized spacial score (nSPS) is 8.75. The molecule has 0 aliphatic rings. The summed E-state index contributed by atoms with van der Waals surface area (Å²) in [6.07, 6.45) is 11.4. The van der Waals surface area contributed by atoms with Crippen LogP contribution in [0.4, 0.5) is 0 Å². The molecule has 134 valence electrons. The van der Waals surface area contributed by atoms with Crippen molar-refractivity contribution in [1.82, 2.24) is 0 Å². The lowest BCUT2D eigenvalue weighted by atomic mass is 10.1. The molecule has 0 spiro atoms. The number of aromatic carboxylic acids is 2. The second kappa shape index (κ2) is 17.0. The summed E-state index contributed by atoms with van der Waals surface area (Å²) in [5.74, 6) is -2.46. The number of unbranched alkanes of at least 4 members (excludes halogenated alkanes) is 4. The Bertz CT molecular complexity index is 447. The summed E-state index contributed by atoms with van der Waals surface area (Å²) < 4.78 is 0. The number of rotatable bonds is 8. The third kappa shape index (κ3) is 13.3. The van der Waals surface area contributed by atoms with E-state index in [1.807, 2.05) is 12.2 Å². The molecule has 0 saturated carbocycles. The molecule has 0 aliphatic heterocycles. The Morgan fingerprint density at radius 3 is 1.38 bits per heavy atom. The van der Waals surface area contributed by atoms with E-state index in [1.165, 1.54) is 62.8 Å². The smallest absolute Gasteiger partial charge is 0.336 e. The fourth-order valence-electron chi connectivity index (χ4n) is 1.55. The minimum Gasteiger partial charge on any atom is -0.478 e. The zero-order valence-electron chi connectivity index (χ0n) is 14.8. The molecule has 0 heterocycles. The lowest BCUT2D eigenvalue weighted by Gasteiger charge is -1.98. The SMILES string of the molecule is C=CCCCC.C=CCCCC.O=C(O)c1ccccc1C(=O)O. The lowest BCUT2D eigenvalue weighted by Crippen LogP contribution is -2.06. The van der Waals surface area contributed by atoms with Crippen LogP contribution in [-0.4, -0.2) is 22.2 Å². The van der Waals surface area contributed by atoms with E-state index in [1.54, 1.807) is 0 Å². The van der Waals surface area contributed by atoms with E-state index < -0.39 is 11.9 Å². The average molecular weight is 334 g/mol. The maximum atomic E-state index is 10.5. The van der Waals surface area contributed by atoms with Crippen LogP contribution in [0.5, 0.6) is 0 Å². The quantitative estimate of drug-likeness (QED) is 0.465. The summed E-state index contributed by atoms with van der Waals surface area (Å²) in [6.45, 7) is 11.6. The van der Waals surface area contributed by atoms with Crippen LogP contribution in [-0.2, 0) is 0 Å². The summed E-state index contributed by atoms with van der Waals surface area (Å²) in [7, 11) is 0. The summed E-state index contributed by atoms with van der Waals surface area (Å²) in [5, 5.41) is 17.1. The van der Waals surface area contributed by atoms with Gasteiger partial charge in [-0.25, -0.2) is 9.59 Å². The Hall–Kier alpha value is -2.36. The molecule has 0 aliphatic carbocycles. The van der Waals surface area contributed by atoms with Crippen molar-refractivity contribution in [2.24, 2.45) is 0 Å². The van der Waals surface area contributed by atoms with E-state index >= 15 is 0 Å². The predicted octanol–water partition coefficient (Wildman–Crippen LogP) is 5.81. The van der Waals surface area contributed by atoms with Crippen LogP contribution in [0.15, 0.2) is 49.6 Å². The standard InChI is InChI=1S/C8H6O4.2C6H12/c9-7(10)5-3-1-2-4-6(5)8(11)12;2*1-3-5-6-4-2/h1-4H,(H,9,10)(H,11,12);2*3H,1,4-6H2,2H3. The maximum Gasteiger partial charge on any atom is 0.336 e. The van der Waals surface area contributed by atoms with Crippen molar-refractivity contribution in [3.63, 3.8) is 0 Å². The molecule has 0 bridgehead atoms. The van der Waals surface area contributed by atoms with Gasteiger partial charge in [-0.15, -0.1) is 13.2 Å². The Kier molecular flexibility index (Phi) is 16.9. The van der Waals surface area contributed by atoms with Gasteiger partial charge in [0.05, 0.1) is 11.1 Å². The Balaban J connectivity index is 0. The number of hydrogen-bond acceptors (Lipinski definition) is 2. The Morgan fingerprint density at radius 2 is 1.21 bits per heavy atom. The molecule has 1 aromatic carbocycles. The summed E-state index contributed by atoms with van der Waals surface area (Å²) in [6, 6.07) is 5.48. The third-order valence-corrected chi connectivity index (χ3v) is 2.91. The molecule has 0 atom stereocenters. The zero-order valence-corrected chi connectivity index (χ0v) is 14.8. The first-order chi connectivity index (χ1) is 11.5. The van der Waals surface area contributed by atoms with E-state index in [4.69, 9.17) is 10.2 Å². The van der Waals surface area contributed by atoms with Gasteiger partial charge in [-0.2, -0.15) is 0 Å². The van der Waals surface area contributed by atoms with Crippen LogP contribution in [0.1, 0.15) is 73.1 Å². The van der Waals surface area contributed by atoms with Gasteiger partial charge >= 0.3 is 11.9 Å². The van der Waals surface area contributed by atoms with Crippen LogP contribution in [0.3, 0.4) is 0 Å². The van der Waals surface area contributed by atoms with Crippen LogP contribution in [0, 0.1) is 0 Å². The first kappa shape index (κ1) is 23.9. The zero-order chi connectivity index (χ0) is 18.8. The van der Waals surface area contributed by atoms with Crippen molar-refractivity contribution in [2.75, 3.05) is 0 Å². The maximum absolute atomic E-state index is 10.5. The predicted molar refractivity (Wildman–Crippen MR) is 99.8 cm³/mol. The molecular formula is C20H30O4. The molecule has 0 saturated heterocycles. The Labute approximate surface area is 145 Å². The molecule has 1 aromatic rings. The van der Waals surface area contributed by atoms with Crippen molar-refractivity contribution in [3.05, 3.63) is 60.7 Å². The van der Waals surface area contributed by atoms with Crippen molar-refractivity contribution in [1.29, 1.82) is 0 Å². The monoisotopic (exact) mass is 334 g/mol. The molecule has 4 nitrogen and oxygen atoms in total. The van der Waals surface area contributed by atoms with Gasteiger partial charge in [0, 0.05) is 0 Å². The van der Waals surface area contributed by atoms with E-state index in [-0.39, 0.29) is 11.1 Å². The van der Waals surface area contributed by atoms with Gasteiger partial charge in [0.25, 0.3) is 0 Å². The number of hydrogen-bond donors (Lipinski definition) is 2. The highest BCUT2D eigenvalue weighted by Crippen LogP contribution is 2.07. The van der Waals surface area contributed by atoms with Gasteiger partial charge in [0.1, 0.15) is 0 Å². The second-order valence-electron chi connectivity index (χ2n) is 5.02. The van der Waals surface area contributed by atoms with E-state index in [0.717, 1.165) is 0 Å². The van der Waals surface area contributed by atoms with E-state index in [0.29, 0.717) is 0 Å². The summed E-state index contributed by atoms with van der Waals surface area (Å²) in [5.41, 5.74) is -0.380. The molecule has 2 N–H and O–H groups in total. The number of benzene rings is 1. The highest BCUT2D eigenvalue weighted by atomic mass is 16.4. The summed E-state index contributed by atoms with van der Waals surface area (Å²) in [4.78, 5) is 20.9. The van der Waals surface area contributed by atoms with Crippen molar-refractivity contribution in [2.45, 2.75) is 52.4 Å². The van der Waals surface area contributed by atoms with Crippen molar-refractivity contribution >= 4 is 11.9 Å². The molecule has 24 heavy (non-hydrogen) atoms. The number of allylic oxidation sites excluding steroid dienone is 2. The molecule has 0 amide bonds. The topological polar surface area (TPSA) is 74.6 Å². The number of carboxylic acid groups (broad SMARTS) is 2. The first-order valence-electron chi connectivity index (χ1n) is 8.23. The Morgan fingerprint density at radius 1 is 0.875 bits per heavy atom. The molecular weight excluding hydrogens is 304 g/mol. The van der Waals surface area contributed by atoms with Crippen LogP contribution in [0.25, 0.3) is 0 Å². The molecule has 1 rings (SSSR count). The van der Waals surface area contributed by atoms with Gasteiger partial charge in [0.15, 0.2) is 0 Å². The van der Waals surface area contributed by atoms with E-state index in [2.05, 4.69) is 27.0 Å². The lowest BCUT2D eigenvalue weighted by molar-refractivity contribution is 0.0651. The minimum atomic E-state index is -1.23. The van der Waals surface area contributed by atoms with Crippen LogP contribution >= 0.6 is 0 Å². The molecule has 0 fully saturated rings. The number of carboxylic acids is 2. The van der Waals surface area contributed by atoms with Crippen molar-refractivity contribution in [3.8, 4) is 0 Å².